The number of benzene rings is 1. The first-order valence-corrected chi connectivity index (χ1v) is 7.25. The van der Waals surface area contributed by atoms with Gasteiger partial charge >= 0.3 is 0 Å². The van der Waals surface area contributed by atoms with Crippen LogP contribution in [-0.2, 0) is 11.8 Å². The van der Waals surface area contributed by atoms with Gasteiger partial charge in [-0.1, -0.05) is 66.7 Å². The molecule has 0 amide bonds. The van der Waals surface area contributed by atoms with Crippen molar-refractivity contribution in [3.63, 3.8) is 0 Å². The highest BCUT2D eigenvalue weighted by molar-refractivity contribution is 5.66. The van der Waals surface area contributed by atoms with Gasteiger partial charge in [0.1, 0.15) is 5.75 Å². The average molecular weight is 260 g/mol. The van der Waals surface area contributed by atoms with Crippen LogP contribution in [0.2, 0.25) is 0 Å². The summed E-state index contributed by atoms with van der Waals surface area (Å²) in [4.78, 5) is 0. The van der Waals surface area contributed by atoms with Gasteiger partial charge in [-0.05, 0) is 28.9 Å². The second-order valence-electron chi connectivity index (χ2n) is 6.61. The van der Waals surface area contributed by atoms with Crippen LogP contribution in [0.4, 0.5) is 0 Å². The van der Waals surface area contributed by atoms with E-state index < -0.39 is 0 Å². The van der Waals surface area contributed by atoms with E-state index in [2.05, 4.69) is 54.2 Å². The smallest absolute Gasteiger partial charge is 0.126 e. The molecule has 0 heterocycles. The Kier molecular flexibility index (Phi) is 4.84. The Labute approximate surface area is 118 Å². The minimum atomic E-state index is -0.0593. The van der Waals surface area contributed by atoms with Crippen LogP contribution in [-0.4, -0.2) is 5.11 Å². The fourth-order valence-electron chi connectivity index (χ4n) is 2.59. The first-order valence-electron chi connectivity index (χ1n) is 7.25. The largest absolute Gasteiger partial charge is 0.507 e. The van der Waals surface area contributed by atoms with Gasteiger partial charge in [-0.25, -0.2) is 0 Å². The van der Waals surface area contributed by atoms with Crippen molar-refractivity contribution in [3.05, 3.63) is 34.9 Å². The van der Waals surface area contributed by atoms with Gasteiger partial charge in [-0.2, -0.15) is 0 Å². The van der Waals surface area contributed by atoms with Crippen LogP contribution in [0.3, 0.4) is 0 Å². The zero-order valence-electron chi connectivity index (χ0n) is 13.3. The van der Waals surface area contributed by atoms with Crippen LogP contribution < -0.4 is 0 Å². The number of hydrogen-bond acceptors (Lipinski definition) is 1. The summed E-state index contributed by atoms with van der Waals surface area (Å²) in [5.41, 5.74) is 4.50. The highest BCUT2D eigenvalue weighted by atomic mass is 16.3. The zero-order chi connectivity index (χ0) is 14.8. The molecule has 0 aliphatic carbocycles. The third kappa shape index (κ3) is 3.20. The Balaban J connectivity index is 3.66. The van der Waals surface area contributed by atoms with E-state index >= 15 is 0 Å². The van der Waals surface area contributed by atoms with Crippen molar-refractivity contribution in [2.24, 2.45) is 0 Å². The van der Waals surface area contributed by atoms with E-state index in [9.17, 15) is 5.11 Å². The van der Waals surface area contributed by atoms with Gasteiger partial charge in [0.25, 0.3) is 0 Å². The molecular formula is C18H28O. The topological polar surface area (TPSA) is 20.2 Å². The summed E-state index contributed by atoms with van der Waals surface area (Å²) >= 11 is 0. The van der Waals surface area contributed by atoms with Crippen molar-refractivity contribution in [2.75, 3.05) is 0 Å². The lowest BCUT2D eigenvalue weighted by atomic mass is 9.79. The first kappa shape index (κ1) is 15.8. The van der Waals surface area contributed by atoms with Gasteiger partial charge in [0.15, 0.2) is 0 Å². The van der Waals surface area contributed by atoms with Crippen LogP contribution in [0.15, 0.2) is 12.6 Å². The molecule has 1 rings (SSSR count). The van der Waals surface area contributed by atoms with Crippen LogP contribution in [0.25, 0.3) is 6.08 Å². The fraction of sp³-hybridized carbons (Fsp3) is 0.556. The molecule has 0 radical (unpaired) electrons. The Morgan fingerprint density at radius 2 is 1.89 bits per heavy atom. The monoisotopic (exact) mass is 260 g/mol. The molecule has 1 nitrogen and oxygen atoms in total. The van der Waals surface area contributed by atoms with Crippen LogP contribution in [0.1, 0.15) is 76.1 Å². The molecule has 19 heavy (non-hydrogen) atoms. The van der Waals surface area contributed by atoms with Crippen molar-refractivity contribution in [3.8, 4) is 5.75 Å². The predicted octanol–water partition coefficient (Wildman–Crippen LogP) is 5.41. The molecular weight excluding hydrogens is 232 g/mol. The summed E-state index contributed by atoms with van der Waals surface area (Å²) in [5.74, 6) is 0.872. The van der Waals surface area contributed by atoms with Gasteiger partial charge < -0.3 is 5.11 Å². The molecule has 0 fully saturated rings. The van der Waals surface area contributed by atoms with E-state index in [4.69, 9.17) is 0 Å². The van der Waals surface area contributed by atoms with Crippen molar-refractivity contribution in [1.29, 1.82) is 0 Å². The molecule has 0 spiro atoms. The molecule has 0 unspecified atom stereocenters. The normalized spacial score (nSPS) is 11.9. The second-order valence-corrected chi connectivity index (χ2v) is 6.61. The Bertz CT molecular complexity index is 462. The van der Waals surface area contributed by atoms with Gasteiger partial charge in [0.05, 0.1) is 0 Å². The van der Waals surface area contributed by atoms with Crippen molar-refractivity contribution in [1.82, 2.24) is 0 Å². The number of phenolic OH excluding ortho intramolecular Hbond substituents is 1. The predicted molar refractivity (Wildman–Crippen MR) is 85.0 cm³/mol. The molecule has 1 aromatic rings. The highest BCUT2D eigenvalue weighted by Gasteiger charge is 2.24. The molecule has 1 N–H and O–H groups in total. The number of hydrogen-bond donors (Lipinski definition) is 1. The van der Waals surface area contributed by atoms with Crippen LogP contribution in [0, 0.1) is 0 Å². The van der Waals surface area contributed by atoms with Crippen molar-refractivity contribution >= 4 is 6.08 Å². The third-order valence-corrected chi connectivity index (χ3v) is 3.62. The lowest BCUT2D eigenvalue weighted by Gasteiger charge is -2.26. The molecule has 0 aliphatic heterocycles. The second kappa shape index (κ2) is 5.81. The number of rotatable bonds is 4. The van der Waals surface area contributed by atoms with Crippen molar-refractivity contribution < 1.29 is 5.11 Å². The molecule has 0 aliphatic rings. The molecule has 1 heteroatoms. The van der Waals surface area contributed by atoms with E-state index in [0.717, 1.165) is 24.0 Å². The van der Waals surface area contributed by atoms with E-state index in [0.29, 0.717) is 11.7 Å². The Morgan fingerprint density at radius 1 is 1.32 bits per heavy atom. The van der Waals surface area contributed by atoms with Crippen LogP contribution >= 0.6 is 0 Å². The summed E-state index contributed by atoms with van der Waals surface area (Å²) in [6, 6.07) is 2.19. The molecule has 0 saturated carbocycles. The number of aromatic hydroxyl groups is 1. The zero-order valence-corrected chi connectivity index (χ0v) is 13.3. The van der Waals surface area contributed by atoms with E-state index in [1.165, 1.54) is 11.1 Å². The van der Waals surface area contributed by atoms with E-state index in [-0.39, 0.29) is 5.41 Å². The number of phenols is 1. The summed E-state index contributed by atoms with van der Waals surface area (Å²) in [6.07, 6.45) is 3.88. The lowest BCUT2D eigenvalue weighted by molar-refractivity contribution is 0.443. The SMILES string of the molecule is C=Cc1c(O)c(C(C)(C)C)cc(C(C)C)c1CCC. The quantitative estimate of drug-likeness (QED) is 0.767. The van der Waals surface area contributed by atoms with Gasteiger partial charge in [-0.3, -0.25) is 0 Å². The summed E-state index contributed by atoms with van der Waals surface area (Å²) in [6.45, 7) is 16.9. The van der Waals surface area contributed by atoms with Gasteiger partial charge in [0.2, 0.25) is 0 Å². The third-order valence-electron chi connectivity index (χ3n) is 3.62. The minimum absolute atomic E-state index is 0.0593. The maximum absolute atomic E-state index is 10.6. The average Bonchev–Trinajstić information content (AvgIpc) is 2.27. The molecule has 1 aromatic carbocycles. The lowest BCUT2D eigenvalue weighted by Crippen LogP contribution is -2.14. The Hall–Kier alpha value is -1.24. The minimum Gasteiger partial charge on any atom is -0.507 e. The molecule has 0 bridgehead atoms. The first-order chi connectivity index (χ1) is 8.73. The Morgan fingerprint density at radius 3 is 2.26 bits per heavy atom. The maximum atomic E-state index is 10.6. The van der Waals surface area contributed by atoms with Gasteiger partial charge in [0, 0.05) is 11.1 Å². The summed E-state index contributed by atoms with van der Waals surface area (Å²) in [7, 11) is 0. The van der Waals surface area contributed by atoms with Gasteiger partial charge in [-0.15, -0.1) is 0 Å². The standard InChI is InChI=1S/C18H28O/c1-8-10-14-13(9-2)17(19)16(18(5,6)7)11-15(14)12(3)4/h9,11-12,19H,2,8,10H2,1,3-7H3. The summed E-state index contributed by atoms with van der Waals surface area (Å²) in [5, 5.41) is 10.6. The maximum Gasteiger partial charge on any atom is 0.126 e. The molecule has 0 atom stereocenters. The van der Waals surface area contributed by atoms with E-state index in [1.54, 1.807) is 6.08 Å². The molecule has 106 valence electrons. The van der Waals surface area contributed by atoms with E-state index in [1.807, 2.05) is 0 Å². The van der Waals surface area contributed by atoms with Crippen molar-refractivity contribution in [2.45, 2.75) is 65.7 Å². The highest BCUT2D eigenvalue weighted by Crippen LogP contribution is 2.40. The summed E-state index contributed by atoms with van der Waals surface area (Å²) < 4.78 is 0. The fourth-order valence-corrected chi connectivity index (χ4v) is 2.59. The molecule has 0 saturated heterocycles. The van der Waals surface area contributed by atoms with Crippen LogP contribution in [0.5, 0.6) is 5.75 Å². The molecule has 0 aromatic heterocycles.